The number of amides is 1. The van der Waals surface area contributed by atoms with E-state index < -0.39 is 23.5 Å². The van der Waals surface area contributed by atoms with Crippen LogP contribution >= 0.6 is 0 Å². The number of hydrogen-bond acceptors (Lipinski definition) is 6. The predicted molar refractivity (Wildman–Crippen MR) is 128 cm³/mol. The summed E-state index contributed by atoms with van der Waals surface area (Å²) < 4.78 is 16.8. The molecule has 8 nitrogen and oxygen atoms in total. The molecule has 0 saturated carbocycles. The highest BCUT2D eigenvalue weighted by atomic mass is 16.6. The van der Waals surface area contributed by atoms with Gasteiger partial charge in [-0.1, -0.05) is 30.9 Å². The van der Waals surface area contributed by atoms with Crippen LogP contribution in [0.4, 0.5) is 0 Å². The van der Waals surface area contributed by atoms with Crippen molar-refractivity contribution in [2.24, 2.45) is 0 Å². The summed E-state index contributed by atoms with van der Waals surface area (Å²) >= 11 is 0. The second kappa shape index (κ2) is 10.8. The van der Waals surface area contributed by atoms with Crippen molar-refractivity contribution in [2.45, 2.75) is 25.8 Å². The van der Waals surface area contributed by atoms with Gasteiger partial charge in [0.25, 0.3) is 5.91 Å². The predicted octanol–water partition coefficient (Wildman–Crippen LogP) is 1.01. The van der Waals surface area contributed by atoms with Crippen molar-refractivity contribution in [3.63, 3.8) is 0 Å². The number of rotatable bonds is 9. The smallest absolute Gasteiger partial charge is 0.295 e. The van der Waals surface area contributed by atoms with Gasteiger partial charge >= 0.3 is 0 Å². The van der Waals surface area contributed by atoms with Gasteiger partial charge in [-0.05, 0) is 41.8 Å². The summed E-state index contributed by atoms with van der Waals surface area (Å²) in [7, 11) is 4.07. The molecule has 0 bridgehead atoms. The molecule has 1 unspecified atom stereocenters. The van der Waals surface area contributed by atoms with E-state index in [0.717, 1.165) is 13.0 Å². The topological polar surface area (TPSA) is 92.6 Å². The van der Waals surface area contributed by atoms with Crippen LogP contribution in [0.3, 0.4) is 0 Å². The molecule has 2 aromatic carbocycles. The van der Waals surface area contributed by atoms with Gasteiger partial charge in [0.1, 0.15) is 19.0 Å². The molecule has 0 aliphatic carbocycles. The maximum Gasteiger partial charge on any atom is 0.295 e. The number of ketones is 1. The van der Waals surface area contributed by atoms with Crippen LogP contribution in [0.5, 0.6) is 17.2 Å². The zero-order chi connectivity index (χ0) is 24.9. The Balaban J connectivity index is 1.74. The number of quaternary nitrogens is 1. The number of carbonyl (C=O) groups is 2. The quantitative estimate of drug-likeness (QED) is 0.327. The van der Waals surface area contributed by atoms with Gasteiger partial charge in [-0.3, -0.25) is 9.59 Å². The molecule has 4 rings (SSSR count). The molecule has 2 aliphatic heterocycles. The van der Waals surface area contributed by atoms with Gasteiger partial charge in [-0.25, -0.2) is 0 Å². The summed E-state index contributed by atoms with van der Waals surface area (Å²) in [5, 5.41) is 13.6. The van der Waals surface area contributed by atoms with E-state index in [2.05, 4.69) is 0 Å². The molecule has 1 saturated heterocycles. The lowest BCUT2D eigenvalue weighted by molar-refractivity contribution is -0.858. The Hall–Kier alpha value is -3.52. The molecule has 0 aromatic heterocycles. The van der Waals surface area contributed by atoms with Gasteiger partial charge < -0.3 is 29.1 Å². The molecule has 1 amide bonds. The second-order valence-corrected chi connectivity index (χ2v) is 9.06. The number of carbonyl (C=O) groups excluding carboxylic acids is 2. The van der Waals surface area contributed by atoms with E-state index >= 15 is 0 Å². The van der Waals surface area contributed by atoms with Gasteiger partial charge in [-0.2, -0.15) is 0 Å². The third-order valence-corrected chi connectivity index (χ3v) is 6.08. The van der Waals surface area contributed by atoms with Crippen LogP contribution in [0.15, 0.2) is 48.0 Å². The van der Waals surface area contributed by atoms with Gasteiger partial charge in [0.15, 0.2) is 11.5 Å². The largest absolute Gasteiger partial charge is 0.872 e. The highest BCUT2D eigenvalue weighted by Crippen LogP contribution is 2.40. The Kier molecular flexibility index (Phi) is 7.60. The molecule has 1 atom stereocenters. The lowest BCUT2D eigenvalue weighted by atomic mass is 9.95. The zero-order valence-corrected chi connectivity index (χ0v) is 20.5. The third kappa shape index (κ3) is 5.27. The Labute approximate surface area is 205 Å². The van der Waals surface area contributed by atoms with Crippen molar-refractivity contribution >= 4 is 17.4 Å². The highest BCUT2D eigenvalue weighted by Gasteiger charge is 2.44. The normalized spacial score (nSPS) is 18.9. The van der Waals surface area contributed by atoms with Crippen molar-refractivity contribution in [3.05, 3.63) is 59.2 Å². The molecule has 8 heteroatoms. The monoisotopic (exact) mass is 480 g/mol. The molecule has 1 fully saturated rings. The molecule has 2 aromatic rings. The molecule has 0 radical (unpaired) electrons. The first-order valence-corrected chi connectivity index (χ1v) is 12.1. The van der Waals surface area contributed by atoms with E-state index in [0.29, 0.717) is 55.6 Å². The summed E-state index contributed by atoms with van der Waals surface area (Å²) in [5.41, 5.74) is 0.954. The van der Waals surface area contributed by atoms with Crippen molar-refractivity contribution < 1.29 is 33.8 Å². The van der Waals surface area contributed by atoms with Crippen LogP contribution in [0, 0.1) is 0 Å². The highest BCUT2D eigenvalue weighted by molar-refractivity contribution is 6.46. The van der Waals surface area contributed by atoms with E-state index in [1.165, 1.54) is 9.80 Å². The average molecular weight is 481 g/mol. The first kappa shape index (κ1) is 24.6. The molecule has 1 N–H and O–H groups in total. The Bertz CT molecular complexity index is 1110. The number of ether oxygens (including phenoxy) is 3. The van der Waals surface area contributed by atoms with Crippen LogP contribution in [0.2, 0.25) is 0 Å². The fraction of sp³-hybridized carbons (Fsp3) is 0.407. The maximum absolute atomic E-state index is 13.6. The van der Waals surface area contributed by atoms with Gasteiger partial charge in [0.05, 0.1) is 33.3 Å². The van der Waals surface area contributed by atoms with Crippen LogP contribution in [-0.4, -0.2) is 63.6 Å². The zero-order valence-electron chi connectivity index (χ0n) is 20.5. The number of Topliss-reactive ketones (excluding diaryl/α,β-unsaturated/α-hetero) is 1. The standard InChI is InChI=1S/C27H32N2O6/c1-4-14-33-20-9-6-18(7-10-20)24-23(26(31)27(32)29(24)13-5-12-28(2)3)25(30)19-8-11-21-22(17-19)35-16-15-34-21/h6-11,17,24,30H,4-5,12-16H2,1-3H3/b25-23+. The number of fused-ring (bicyclic) bond motifs is 1. The van der Waals surface area contributed by atoms with Crippen LogP contribution in [0.1, 0.15) is 36.9 Å². The first-order valence-electron chi connectivity index (χ1n) is 12.1. The van der Waals surface area contributed by atoms with Crippen molar-refractivity contribution in [1.29, 1.82) is 0 Å². The molecule has 2 aliphatic rings. The molecular formula is C27H32N2O6. The summed E-state index contributed by atoms with van der Waals surface area (Å²) in [6, 6.07) is 11.4. The van der Waals surface area contributed by atoms with Crippen LogP contribution in [0.25, 0.3) is 5.76 Å². The van der Waals surface area contributed by atoms with Crippen molar-refractivity contribution in [1.82, 2.24) is 4.90 Å². The third-order valence-electron chi connectivity index (χ3n) is 6.08. The minimum Gasteiger partial charge on any atom is -0.872 e. The fourth-order valence-corrected chi connectivity index (χ4v) is 4.36. The van der Waals surface area contributed by atoms with Gasteiger partial charge in [0.2, 0.25) is 5.78 Å². The summed E-state index contributed by atoms with van der Waals surface area (Å²) in [6.45, 7) is 4.66. The van der Waals surface area contributed by atoms with E-state index in [4.69, 9.17) is 14.2 Å². The van der Waals surface area contributed by atoms with E-state index in [1.54, 1.807) is 18.2 Å². The number of likely N-dealkylation sites (tertiary alicyclic amines) is 1. The van der Waals surface area contributed by atoms with E-state index in [-0.39, 0.29) is 11.1 Å². The van der Waals surface area contributed by atoms with Crippen molar-refractivity contribution in [2.75, 3.05) is 47.0 Å². The molecule has 0 spiro atoms. The first-order chi connectivity index (χ1) is 16.9. The lowest BCUT2D eigenvalue weighted by Gasteiger charge is -2.28. The number of hydrogen-bond donors (Lipinski definition) is 1. The van der Waals surface area contributed by atoms with E-state index in [1.807, 2.05) is 45.3 Å². The SMILES string of the molecule is CCCOc1ccc(C2/C(=C(\[O-])c3ccc4c(c3)OCCO4)C(=O)C(=O)N2CCC[NH+](C)C)cc1. The summed E-state index contributed by atoms with van der Waals surface area (Å²) in [4.78, 5) is 29.0. The Morgan fingerprint density at radius 2 is 1.80 bits per heavy atom. The molecule has 186 valence electrons. The number of nitrogens with zero attached hydrogens (tertiary/aromatic N) is 1. The minimum atomic E-state index is -0.756. The van der Waals surface area contributed by atoms with Crippen LogP contribution in [-0.2, 0) is 9.59 Å². The summed E-state index contributed by atoms with van der Waals surface area (Å²) in [6.07, 6.45) is 1.60. The van der Waals surface area contributed by atoms with Crippen LogP contribution < -0.4 is 24.2 Å². The van der Waals surface area contributed by atoms with Gasteiger partial charge in [-0.15, -0.1) is 0 Å². The summed E-state index contributed by atoms with van der Waals surface area (Å²) in [5.74, 6) is -0.154. The Morgan fingerprint density at radius 3 is 2.49 bits per heavy atom. The Morgan fingerprint density at radius 1 is 1.09 bits per heavy atom. The maximum atomic E-state index is 13.6. The average Bonchev–Trinajstić information content (AvgIpc) is 3.12. The van der Waals surface area contributed by atoms with Crippen molar-refractivity contribution in [3.8, 4) is 17.2 Å². The second-order valence-electron chi connectivity index (χ2n) is 9.06. The number of benzene rings is 2. The van der Waals surface area contributed by atoms with Gasteiger partial charge in [0, 0.05) is 18.5 Å². The number of nitrogens with one attached hydrogen (secondary N) is 1. The molecular weight excluding hydrogens is 448 g/mol. The fourth-order valence-electron chi connectivity index (χ4n) is 4.36. The lowest BCUT2D eigenvalue weighted by Crippen LogP contribution is -3.05. The van der Waals surface area contributed by atoms with E-state index in [9.17, 15) is 14.7 Å². The molecule has 2 heterocycles. The molecule has 35 heavy (non-hydrogen) atoms. The minimum absolute atomic E-state index is 0.0360.